The van der Waals surface area contributed by atoms with E-state index in [2.05, 4.69) is 5.32 Å². The van der Waals surface area contributed by atoms with Gasteiger partial charge in [-0.15, -0.1) is 11.3 Å². The Bertz CT molecular complexity index is 781. The van der Waals surface area contributed by atoms with Gasteiger partial charge in [-0.1, -0.05) is 12.1 Å². The molecule has 0 unspecified atom stereocenters. The Labute approximate surface area is 146 Å². The van der Waals surface area contributed by atoms with Gasteiger partial charge in [-0.2, -0.15) is 0 Å². The van der Waals surface area contributed by atoms with Crippen LogP contribution in [0, 0.1) is 13.8 Å². The molecule has 2 amide bonds. The highest BCUT2D eigenvalue weighted by Crippen LogP contribution is 2.26. The van der Waals surface area contributed by atoms with Crippen LogP contribution in [0.15, 0.2) is 30.3 Å². The quantitative estimate of drug-likeness (QED) is 0.913. The summed E-state index contributed by atoms with van der Waals surface area (Å²) in [6, 6.07) is 9.70. The van der Waals surface area contributed by atoms with Crippen molar-refractivity contribution in [2.45, 2.75) is 39.7 Å². The van der Waals surface area contributed by atoms with Gasteiger partial charge in [0.2, 0.25) is 5.91 Å². The van der Waals surface area contributed by atoms with Crippen molar-refractivity contribution in [3.05, 3.63) is 51.2 Å². The van der Waals surface area contributed by atoms with Crippen LogP contribution in [0.4, 0.5) is 5.69 Å². The van der Waals surface area contributed by atoms with E-state index in [1.807, 2.05) is 56.0 Å². The zero-order valence-corrected chi connectivity index (χ0v) is 15.1. The molecule has 2 aromatic rings. The van der Waals surface area contributed by atoms with E-state index in [1.54, 1.807) is 11.3 Å². The lowest BCUT2D eigenvalue weighted by Gasteiger charge is -2.19. The summed E-state index contributed by atoms with van der Waals surface area (Å²) in [6.07, 6.45) is 1.53. The molecule has 24 heavy (non-hydrogen) atoms. The molecule has 4 nitrogen and oxygen atoms in total. The lowest BCUT2D eigenvalue weighted by molar-refractivity contribution is -0.117. The van der Waals surface area contributed by atoms with Crippen molar-refractivity contribution < 1.29 is 9.59 Å². The first-order valence-electron chi connectivity index (χ1n) is 8.24. The maximum atomic E-state index is 12.5. The van der Waals surface area contributed by atoms with E-state index in [9.17, 15) is 9.59 Å². The molecule has 1 aromatic carbocycles. The molecule has 2 heterocycles. The Balaban J connectivity index is 1.75. The molecule has 3 rings (SSSR count). The molecule has 1 saturated heterocycles. The van der Waals surface area contributed by atoms with Gasteiger partial charge in [0.15, 0.2) is 0 Å². The van der Waals surface area contributed by atoms with Gasteiger partial charge in [-0.3, -0.25) is 9.59 Å². The molecule has 1 aliphatic heterocycles. The minimum Gasteiger partial charge on any atom is -0.345 e. The highest BCUT2D eigenvalue weighted by molar-refractivity contribution is 7.12. The SMILES string of the molecule is Cc1cc(C(=O)N[C@H](C)c2cccc(N3CCCC3=O)c2)c(C)s1. The van der Waals surface area contributed by atoms with Crippen LogP contribution in [0.5, 0.6) is 0 Å². The summed E-state index contributed by atoms with van der Waals surface area (Å²) in [4.78, 5) is 28.4. The zero-order chi connectivity index (χ0) is 17.3. The standard InChI is InChI=1S/C19H22N2O2S/c1-12-10-17(14(3)24-12)19(23)20-13(2)15-6-4-7-16(11-15)21-9-5-8-18(21)22/h4,6-7,10-11,13H,5,8-9H2,1-3H3,(H,20,23)/t13-/m1/s1. The van der Waals surface area contributed by atoms with Gasteiger partial charge >= 0.3 is 0 Å². The number of hydrogen-bond acceptors (Lipinski definition) is 3. The van der Waals surface area contributed by atoms with Gasteiger partial charge in [-0.05, 0) is 51.0 Å². The van der Waals surface area contributed by atoms with Gasteiger partial charge in [0.25, 0.3) is 5.91 Å². The average Bonchev–Trinajstić information content (AvgIpc) is 3.12. The minimum atomic E-state index is -0.116. The van der Waals surface area contributed by atoms with Gasteiger partial charge in [0, 0.05) is 28.4 Å². The molecule has 0 saturated carbocycles. The van der Waals surface area contributed by atoms with Crippen LogP contribution in [0.2, 0.25) is 0 Å². The lowest BCUT2D eigenvalue weighted by Crippen LogP contribution is -2.27. The average molecular weight is 342 g/mol. The predicted octanol–water partition coefficient (Wildman–Crippen LogP) is 3.98. The van der Waals surface area contributed by atoms with E-state index in [0.29, 0.717) is 6.42 Å². The summed E-state index contributed by atoms with van der Waals surface area (Å²) in [5, 5.41) is 3.06. The van der Waals surface area contributed by atoms with Gasteiger partial charge < -0.3 is 10.2 Å². The highest BCUT2D eigenvalue weighted by Gasteiger charge is 2.22. The fraction of sp³-hybridized carbons (Fsp3) is 0.368. The van der Waals surface area contributed by atoms with Crippen LogP contribution in [0.3, 0.4) is 0 Å². The highest BCUT2D eigenvalue weighted by atomic mass is 32.1. The summed E-state index contributed by atoms with van der Waals surface area (Å²) in [7, 11) is 0. The summed E-state index contributed by atoms with van der Waals surface area (Å²) >= 11 is 1.63. The van der Waals surface area contributed by atoms with Crippen molar-refractivity contribution in [2.24, 2.45) is 0 Å². The number of nitrogens with zero attached hydrogens (tertiary/aromatic N) is 1. The van der Waals surface area contributed by atoms with Crippen molar-refractivity contribution >= 4 is 28.8 Å². The number of carbonyl (C=O) groups is 2. The second-order valence-corrected chi connectivity index (χ2v) is 7.73. The van der Waals surface area contributed by atoms with Crippen molar-refractivity contribution in [2.75, 3.05) is 11.4 Å². The zero-order valence-electron chi connectivity index (χ0n) is 14.3. The lowest BCUT2D eigenvalue weighted by atomic mass is 10.1. The molecule has 1 N–H and O–H groups in total. The maximum Gasteiger partial charge on any atom is 0.252 e. The van der Waals surface area contributed by atoms with Crippen molar-refractivity contribution in [3.8, 4) is 0 Å². The normalized spacial score (nSPS) is 15.6. The van der Waals surface area contributed by atoms with Crippen LogP contribution < -0.4 is 10.2 Å². The number of rotatable bonds is 4. The van der Waals surface area contributed by atoms with Crippen LogP contribution in [-0.2, 0) is 4.79 Å². The summed E-state index contributed by atoms with van der Waals surface area (Å²) in [5.41, 5.74) is 2.67. The second kappa shape index (κ2) is 6.77. The third kappa shape index (κ3) is 3.36. The van der Waals surface area contributed by atoms with Crippen LogP contribution in [0.25, 0.3) is 0 Å². The fourth-order valence-corrected chi connectivity index (χ4v) is 4.02. The number of benzene rings is 1. The van der Waals surface area contributed by atoms with E-state index in [1.165, 1.54) is 0 Å². The van der Waals surface area contributed by atoms with Crippen molar-refractivity contribution in [1.29, 1.82) is 0 Å². The molecular formula is C19H22N2O2S. The largest absolute Gasteiger partial charge is 0.345 e. The van der Waals surface area contributed by atoms with Crippen LogP contribution in [-0.4, -0.2) is 18.4 Å². The third-order valence-electron chi connectivity index (χ3n) is 4.39. The number of thiophene rings is 1. The van der Waals surface area contributed by atoms with E-state index in [0.717, 1.165) is 39.5 Å². The third-order valence-corrected chi connectivity index (χ3v) is 5.35. The first-order chi connectivity index (χ1) is 11.5. The van der Waals surface area contributed by atoms with E-state index in [-0.39, 0.29) is 17.9 Å². The number of hydrogen-bond donors (Lipinski definition) is 1. The Morgan fingerprint density at radius 2 is 2.08 bits per heavy atom. The molecule has 126 valence electrons. The van der Waals surface area contributed by atoms with Gasteiger partial charge in [0.05, 0.1) is 11.6 Å². The second-order valence-electron chi connectivity index (χ2n) is 6.27. The van der Waals surface area contributed by atoms with Crippen LogP contribution >= 0.6 is 11.3 Å². The molecule has 5 heteroatoms. The molecule has 1 aromatic heterocycles. The molecule has 0 bridgehead atoms. The van der Waals surface area contributed by atoms with E-state index in [4.69, 9.17) is 0 Å². The topological polar surface area (TPSA) is 49.4 Å². The first-order valence-corrected chi connectivity index (χ1v) is 9.05. The van der Waals surface area contributed by atoms with Crippen molar-refractivity contribution in [3.63, 3.8) is 0 Å². The Morgan fingerprint density at radius 1 is 1.29 bits per heavy atom. The molecule has 0 radical (unpaired) electrons. The molecule has 1 aliphatic rings. The molecular weight excluding hydrogens is 320 g/mol. The monoisotopic (exact) mass is 342 g/mol. The first kappa shape index (κ1) is 16.7. The molecule has 0 spiro atoms. The van der Waals surface area contributed by atoms with Crippen molar-refractivity contribution in [1.82, 2.24) is 5.32 Å². The predicted molar refractivity (Wildman–Crippen MR) is 97.7 cm³/mol. The summed E-state index contributed by atoms with van der Waals surface area (Å²) in [6.45, 7) is 6.72. The molecule has 1 fully saturated rings. The fourth-order valence-electron chi connectivity index (χ4n) is 3.10. The number of carbonyl (C=O) groups excluding carboxylic acids is 2. The van der Waals surface area contributed by atoms with E-state index >= 15 is 0 Å². The summed E-state index contributed by atoms with van der Waals surface area (Å²) in [5.74, 6) is 0.125. The van der Waals surface area contributed by atoms with Gasteiger partial charge in [0.1, 0.15) is 0 Å². The Morgan fingerprint density at radius 3 is 2.71 bits per heavy atom. The number of aryl methyl sites for hydroxylation is 2. The Hall–Kier alpha value is -2.14. The minimum absolute atomic E-state index is 0.0491. The van der Waals surface area contributed by atoms with E-state index < -0.39 is 0 Å². The number of nitrogens with one attached hydrogen (secondary N) is 1. The Kier molecular flexibility index (Phi) is 4.71. The summed E-state index contributed by atoms with van der Waals surface area (Å²) < 4.78 is 0. The molecule has 0 aliphatic carbocycles. The number of anilines is 1. The van der Waals surface area contributed by atoms with Crippen LogP contribution in [0.1, 0.15) is 51.5 Å². The maximum absolute atomic E-state index is 12.5. The van der Waals surface area contributed by atoms with Gasteiger partial charge in [-0.25, -0.2) is 0 Å². The molecule has 1 atom stereocenters. The number of amides is 2. The smallest absolute Gasteiger partial charge is 0.252 e.